The fourth-order valence-electron chi connectivity index (χ4n) is 1.05. The second-order valence-corrected chi connectivity index (χ2v) is 3.24. The van der Waals surface area contributed by atoms with E-state index >= 15 is 0 Å². The number of hydroxylamine groups is 2. The molecule has 54 valence electrons. The van der Waals surface area contributed by atoms with Crippen molar-refractivity contribution < 1.29 is 0 Å². The molecule has 0 amide bonds. The fourth-order valence-corrected chi connectivity index (χ4v) is 1.35. The van der Waals surface area contributed by atoms with Gasteiger partial charge in [0.25, 0.3) is 0 Å². The highest BCUT2D eigenvalue weighted by molar-refractivity contribution is 7.80. The highest BCUT2D eigenvalue weighted by Crippen LogP contribution is 2.14. The summed E-state index contributed by atoms with van der Waals surface area (Å²) in [5.41, 5.74) is 0. The normalized spacial score (nSPS) is 32.0. The average molecular weight is 146 g/mol. The zero-order valence-corrected chi connectivity index (χ0v) is 6.31. The molecule has 0 aliphatic carbocycles. The highest BCUT2D eigenvalue weighted by Gasteiger charge is 2.07. The molecule has 1 fully saturated rings. The lowest BCUT2D eigenvalue weighted by atomic mass is 10.2. The van der Waals surface area contributed by atoms with Crippen LogP contribution < -0.4 is 0 Å². The van der Waals surface area contributed by atoms with Gasteiger partial charge in [-0.1, -0.05) is 0 Å². The summed E-state index contributed by atoms with van der Waals surface area (Å²) < 4.78 is 0. The van der Waals surface area contributed by atoms with Gasteiger partial charge in [0.05, 0.1) is 0 Å². The van der Waals surface area contributed by atoms with Gasteiger partial charge in [0.15, 0.2) is 0 Å². The average Bonchev–Trinajstić information content (AvgIpc) is 1.97. The predicted molar refractivity (Wildman–Crippen MR) is 41.6 cm³/mol. The van der Waals surface area contributed by atoms with Crippen LogP contribution in [0.5, 0.6) is 0 Å². The van der Waals surface area contributed by atoms with Gasteiger partial charge in [0, 0.05) is 5.25 Å². The van der Waals surface area contributed by atoms with Gasteiger partial charge in [-0.15, -0.1) is 0 Å². The lowest BCUT2D eigenvalue weighted by molar-refractivity contribution is 0.394. The van der Waals surface area contributed by atoms with Crippen LogP contribution in [0.4, 0.5) is 0 Å². The summed E-state index contributed by atoms with van der Waals surface area (Å²) in [6, 6.07) is 0. The van der Waals surface area contributed by atoms with Crippen LogP contribution in [0.3, 0.4) is 0 Å². The maximum absolute atomic E-state index is 10.7. The number of hydrogen-bond acceptors (Lipinski definition) is 3. The van der Waals surface area contributed by atoms with Crippen molar-refractivity contribution in [3.8, 4) is 0 Å². The summed E-state index contributed by atoms with van der Waals surface area (Å²) in [5.74, 6) is 0. The van der Waals surface area contributed by atoms with Crippen LogP contribution in [0.25, 0.3) is 0 Å². The zero-order valence-electron chi connectivity index (χ0n) is 5.42. The third-order valence-corrected chi connectivity index (χ3v) is 2.17. The topological polar surface area (TPSA) is 26.3 Å². The van der Waals surface area contributed by atoms with E-state index in [1.165, 1.54) is 0 Å². The van der Waals surface area contributed by atoms with Crippen LogP contribution >= 0.6 is 12.6 Å². The van der Waals surface area contributed by atoms with Crippen LogP contribution in [0.2, 0.25) is 0 Å². The van der Waals surface area contributed by atoms with Crippen molar-refractivity contribution in [2.75, 3.05) is 13.1 Å². The Kier molecular flexibility index (Phi) is 2.82. The van der Waals surface area contributed by atoms with E-state index in [1.807, 2.05) is 0 Å². The molecule has 0 N–H and O–H groups in total. The third-order valence-electron chi connectivity index (χ3n) is 1.66. The molecule has 1 saturated heterocycles. The van der Waals surface area contributed by atoms with Gasteiger partial charge in [-0.3, -0.25) is 0 Å². The lowest BCUT2D eigenvalue weighted by Gasteiger charge is -2.25. The quantitative estimate of drug-likeness (QED) is 0.521. The number of rotatable bonds is 0. The van der Waals surface area contributed by atoms with E-state index in [1.54, 1.807) is 0 Å². The van der Waals surface area contributed by atoms with Gasteiger partial charge in [-0.2, -0.15) is 12.6 Å². The van der Waals surface area contributed by atoms with Crippen molar-refractivity contribution in [1.82, 2.24) is 5.06 Å². The third kappa shape index (κ3) is 2.56. The van der Waals surface area contributed by atoms with Crippen molar-refractivity contribution in [2.45, 2.75) is 24.5 Å². The molecule has 3 heteroatoms. The molecule has 0 aromatic heterocycles. The summed E-state index contributed by atoms with van der Waals surface area (Å²) in [4.78, 5) is 0. The Morgan fingerprint density at radius 2 is 2.11 bits per heavy atom. The van der Waals surface area contributed by atoms with Crippen LogP contribution in [-0.2, 0) is 0 Å². The van der Waals surface area contributed by atoms with E-state index in [4.69, 9.17) is 0 Å². The van der Waals surface area contributed by atoms with Gasteiger partial charge in [0.2, 0.25) is 0 Å². The molecule has 1 atom stereocenters. The first-order valence-electron chi connectivity index (χ1n) is 3.39. The van der Waals surface area contributed by atoms with E-state index in [0.717, 1.165) is 24.3 Å². The van der Waals surface area contributed by atoms with Crippen LogP contribution in [0, 0.1) is 5.21 Å². The molecule has 2 nitrogen and oxygen atoms in total. The van der Waals surface area contributed by atoms with E-state index in [-0.39, 0.29) is 0 Å². The van der Waals surface area contributed by atoms with Crippen molar-refractivity contribution >= 4 is 12.6 Å². The number of hydrogen-bond donors (Lipinski definition) is 1. The van der Waals surface area contributed by atoms with Gasteiger partial charge in [-0.05, 0) is 32.4 Å². The van der Waals surface area contributed by atoms with Gasteiger partial charge >= 0.3 is 0 Å². The van der Waals surface area contributed by atoms with Gasteiger partial charge < -0.3 is 10.3 Å². The Morgan fingerprint density at radius 3 is 2.89 bits per heavy atom. The molecular weight excluding hydrogens is 134 g/mol. The Labute approximate surface area is 61.2 Å². The Balaban J connectivity index is 2.25. The number of thiol groups is 1. The predicted octanol–water partition coefficient (Wildman–Crippen LogP) is 1.27. The molecule has 1 unspecified atom stereocenters. The van der Waals surface area contributed by atoms with Gasteiger partial charge in [-0.25, -0.2) is 0 Å². The summed E-state index contributed by atoms with van der Waals surface area (Å²) in [5, 5.41) is 12.3. The van der Waals surface area contributed by atoms with Crippen molar-refractivity contribution in [1.29, 1.82) is 0 Å². The SMILES string of the molecule is [O-]N1CCCC(S)CC1. The first-order chi connectivity index (χ1) is 4.29. The van der Waals surface area contributed by atoms with Crippen molar-refractivity contribution in [2.24, 2.45) is 0 Å². The Morgan fingerprint density at radius 1 is 1.33 bits per heavy atom. The van der Waals surface area contributed by atoms with Crippen molar-refractivity contribution in [3.63, 3.8) is 0 Å². The second-order valence-electron chi connectivity index (χ2n) is 2.51. The van der Waals surface area contributed by atoms with E-state index < -0.39 is 0 Å². The monoisotopic (exact) mass is 146 g/mol. The summed E-state index contributed by atoms with van der Waals surface area (Å²) in [7, 11) is 0. The standard InChI is InChI=1S/C6H12NOS/c8-7-4-1-2-6(9)3-5-7/h6,9H,1-5H2/q-1. The molecule has 1 aliphatic rings. The summed E-state index contributed by atoms with van der Waals surface area (Å²) >= 11 is 4.31. The fraction of sp³-hybridized carbons (Fsp3) is 1.00. The first kappa shape index (κ1) is 7.38. The molecule has 0 saturated carbocycles. The Bertz CT molecular complexity index is 79.1. The molecule has 0 spiro atoms. The molecule has 0 aromatic rings. The largest absolute Gasteiger partial charge is 0.785 e. The van der Waals surface area contributed by atoms with Crippen LogP contribution in [0.1, 0.15) is 19.3 Å². The minimum absolute atomic E-state index is 0.462. The van der Waals surface area contributed by atoms with Crippen LogP contribution in [-0.4, -0.2) is 23.4 Å². The van der Waals surface area contributed by atoms with E-state index in [9.17, 15) is 5.21 Å². The first-order valence-corrected chi connectivity index (χ1v) is 3.91. The molecule has 9 heavy (non-hydrogen) atoms. The molecular formula is C6H12NOS-. The van der Waals surface area contributed by atoms with E-state index in [0.29, 0.717) is 18.3 Å². The molecule has 0 radical (unpaired) electrons. The lowest BCUT2D eigenvalue weighted by Crippen LogP contribution is -2.16. The van der Waals surface area contributed by atoms with Crippen molar-refractivity contribution in [3.05, 3.63) is 5.21 Å². The number of nitrogens with zero attached hydrogens (tertiary/aromatic N) is 1. The maximum atomic E-state index is 10.7. The minimum atomic E-state index is 0.462. The zero-order chi connectivity index (χ0) is 6.69. The second kappa shape index (κ2) is 3.44. The molecule has 0 bridgehead atoms. The maximum Gasteiger partial charge on any atom is 0.00291 e. The smallest absolute Gasteiger partial charge is 0.00291 e. The molecule has 1 heterocycles. The highest BCUT2D eigenvalue weighted by atomic mass is 32.1. The van der Waals surface area contributed by atoms with Gasteiger partial charge in [0.1, 0.15) is 0 Å². The molecule has 0 aromatic carbocycles. The minimum Gasteiger partial charge on any atom is -0.785 e. The summed E-state index contributed by atoms with van der Waals surface area (Å²) in [6.45, 7) is 1.38. The molecule has 1 aliphatic heterocycles. The Hall–Kier alpha value is 0.270. The molecule has 1 rings (SSSR count). The summed E-state index contributed by atoms with van der Waals surface area (Å²) in [6.07, 6.45) is 3.06. The van der Waals surface area contributed by atoms with Crippen LogP contribution in [0.15, 0.2) is 0 Å². The van der Waals surface area contributed by atoms with E-state index in [2.05, 4.69) is 12.6 Å².